The van der Waals surface area contributed by atoms with Crippen molar-refractivity contribution >= 4 is 15.5 Å². The first-order chi connectivity index (χ1) is 8.08. The minimum absolute atomic E-state index is 0.00834. The van der Waals surface area contributed by atoms with Gasteiger partial charge in [-0.25, -0.2) is 8.42 Å². The van der Waals surface area contributed by atoms with Crippen LogP contribution in [0.25, 0.3) is 0 Å². The van der Waals surface area contributed by atoms with Gasteiger partial charge < -0.3 is 5.73 Å². The lowest BCUT2D eigenvalue weighted by molar-refractivity contribution is 0.595. The Morgan fingerprint density at radius 1 is 1.00 bits per heavy atom. The van der Waals surface area contributed by atoms with Gasteiger partial charge in [0.2, 0.25) is 0 Å². The summed E-state index contributed by atoms with van der Waals surface area (Å²) in [5.41, 5.74) is 6.83. The summed E-state index contributed by atoms with van der Waals surface area (Å²) < 4.78 is 24.1. The maximum atomic E-state index is 12.1. The molecule has 0 unspecified atom stereocenters. The molecule has 0 spiro atoms. The summed E-state index contributed by atoms with van der Waals surface area (Å²) in [4.78, 5) is 0.291. The zero-order chi connectivity index (χ0) is 12.3. The van der Waals surface area contributed by atoms with Gasteiger partial charge in [0.05, 0.1) is 10.6 Å². The lowest BCUT2D eigenvalue weighted by Gasteiger charge is -2.04. The van der Waals surface area contributed by atoms with Crippen molar-refractivity contribution in [2.75, 3.05) is 5.73 Å². The molecule has 0 aliphatic heterocycles. The van der Waals surface area contributed by atoms with Crippen molar-refractivity contribution in [3.05, 3.63) is 60.2 Å². The van der Waals surface area contributed by atoms with Crippen molar-refractivity contribution in [1.29, 1.82) is 0 Å². The van der Waals surface area contributed by atoms with Crippen LogP contribution in [0, 0.1) is 6.07 Å². The Hall–Kier alpha value is -1.81. The molecule has 1 radical (unpaired) electrons. The summed E-state index contributed by atoms with van der Waals surface area (Å²) in [6, 6.07) is 16.0. The van der Waals surface area contributed by atoms with E-state index in [0.717, 1.165) is 5.56 Å². The summed E-state index contributed by atoms with van der Waals surface area (Å²) >= 11 is 0. The Balaban J connectivity index is 2.29. The normalized spacial score (nSPS) is 11.3. The van der Waals surface area contributed by atoms with E-state index in [9.17, 15) is 8.42 Å². The van der Waals surface area contributed by atoms with Crippen LogP contribution in [0.2, 0.25) is 0 Å². The van der Waals surface area contributed by atoms with Crippen molar-refractivity contribution in [3.63, 3.8) is 0 Å². The van der Waals surface area contributed by atoms with Gasteiger partial charge in [-0.05, 0) is 35.9 Å². The molecule has 3 nitrogen and oxygen atoms in total. The first kappa shape index (κ1) is 11.7. The molecule has 0 fully saturated rings. The van der Waals surface area contributed by atoms with Crippen molar-refractivity contribution in [3.8, 4) is 0 Å². The maximum Gasteiger partial charge on any atom is 0.182 e. The highest BCUT2D eigenvalue weighted by molar-refractivity contribution is 7.90. The fourth-order valence-corrected chi connectivity index (χ4v) is 2.84. The molecule has 2 aromatic rings. The Kier molecular flexibility index (Phi) is 3.15. The van der Waals surface area contributed by atoms with E-state index in [1.807, 2.05) is 0 Å². The van der Waals surface area contributed by atoms with Crippen LogP contribution in [0.1, 0.15) is 5.56 Å². The standard InChI is InChI=1S/C13H12NO2S/c14-12-6-8-13(9-7-12)17(15,16)10-11-4-2-1-3-5-11/h2-9H,10,14H2. The smallest absolute Gasteiger partial charge is 0.182 e. The predicted octanol–water partition coefficient (Wildman–Crippen LogP) is 2.04. The molecule has 0 bridgehead atoms. The van der Waals surface area contributed by atoms with E-state index in [2.05, 4.69) is 6.07 Å². The van der Waals surface area contributed by atoms with E-state index in [4.69, 9.17) is 5.73 Å². The third-order valence-corrected chi connectivity index (χ3v) is 4.09. The van der Waals surface area contributed by atoms with Crippen LogP contribution in [0.15, 0.2) is 53.4 Å². The Morgan fingerprint density at radius 2 is 1.59 bits per heavy atom. The van der Waals surface area contributed by atoms with Crippen LogP contribution >= 0.6 is 0 Å². The maximum absolute atomic E-state index is 12.1. The molecule has 2 rings (SSSR count). The predicted molar refractivity (Wildman–Crippen MR) is 67.0 cm³/mol. The molecule has 0 amide bonds. The highest BCUT2D eigenvalue weighted by atomic mass is 32.2. The Bertz CT molecular complexity index is 589. The minimum Gasteiger partial charge on any atom is -0.399 e. The first-order valence-corrected chi connectivity index (χ1v) is 6.76. The molecule has 0 aromatic heterocycles. The molecular weight excluding hydrogens is 234 g/mol. The van der Waals surface area contributed by atoms with E-state index < -0.39 is 9.84 Å². The van der Waals surface area contributed by atoms with Crippen LogP contribution in [0.4, 0.5) is 5.69 Å². The van der Waals surface area contributed by atoms with Crippen LogP contribution in [-0.4, -0.2) is 8.42 Å². The molecule has 0 heterocycles. The summed E-state index contributed by atoms with van der Waals surface area (Å²) in [6.45, 7) is 0. The van der Waals surface area contributed by atoms with Crippen LogP contribution in [0.3, 0.4) is 0 Å². The molecule has 0 atom stereocenters. The number of sulfone groups is 1. The third-order valence-electron chi connectivity index (χ3n) is 2.38. The molecule has 0 saturated heterocycles. The van der Waals surface area contributed by atoms with E-state index in [1.165, 1.54) is 12.1 Å². The number of benzene rings is 2. The quantitative estimate of drug-likeness (QED) is 0.843. The molecular formula is C13H12NO2S. The largest absolute Gasteiger partial charge is 0.399 e. The Labute approximate surface area is 101 Å². The van der Waals surface area contributed by atoms with E-state index in [0.29, 0.717) is 10.6 Å². The topological polar surface area (TPSA) is 60.2 Å². The van der Waals surface area contributed by atoms with E-state index >= 15 is 0 Å². The molecule has 4 heteroatoms. The third kappa shape index (κ3) is 2.85. The average Bonchev–Trinajstić information content (AvgIpc) is 2.30. The minimum atomic E-state index is -3.30. The van der Waals surface area contributed by atoms with Gasteiger partial charge >= 0.3 is 0 Å². The lowest BCUT2D eigenvalue weighted by Crippen LogP contribution is -2.04. The van der Waals surface area contributed by atoms with Gasteiger partial charge in [0.1, 0.15) is 0 Å². The summed E-state index contributed by atoms with van der Waals surface area (Å²) in [7, 11) is -3.30. The van der Waals surface area contributed by atoms with Gasteiger partial charge in [0.25, 0.3) is 0 Å². The van der Waals surface area contributed by atoms with E-state index in [1.54, 1.807) is 36.4 Å². The molecule has 87 valence electrons. The number of hydrogen-bond donors (Lipinski definition) is 1. The average molecular weight is 246 g/mol. The van der Waals surface area contributed by atoms with Crippen LogP contribution < -0.4 is 5.73 Å². The van der Waals surface area contributed by atoms with Gasteiger partial charge in [-0.1, -0.05) is 24.3 Å². The zero-order valence-corrected chi connectivity index (χ0v) is 9.94. The molecule has 0 aliphatic rings. The second-order valence-corrected chi connectivity index (χ2v) is 5.73. The number of anilines is 1. The number of rotatable bonds is 3. The van der Waals surface area contributed by atoms with Crippen LogP contribution in [0.5, 0.6) is 0 Å². The monoisotopic (exact) mass is 246 g/mol. The van der Waals surface area contributed by atoms with Gasteiger partial charge in [-0.3, -0.25) is 0 Å². The summed E-state index contributed by atoms with van der Waals surface area (Å²) in [6.07, 6.45) is 0. The van der Waals surface area contributed by atoms with E-state index in [-0.39, 0.29) is 5.75 Å². The van der Waals surface area contributed by atoms with Gasteiger partial charge in [0.15, 0.2) is 9.84 Å². The fourth-order valence-electron chi connectivity index (χ4n) is 1.50. The van der Waals surface area contributed by atoms with Crippen molar-refractivity contribution in [2.45, 2.75) is 10.6 Å². The summed E-state index contributed by atoms with van der Waals surface area (Å²) in [5.74, 6) is -0.00834. The van der Waals surface area contributed by atoms with Crippen molar-refractivity contribution in [2.24, 2.45) is 0 Å². The first-order valence-electron chi connectivity index (χ1n) is 5.11. The van der Waals surface area contributed by atoms with Crippen LogP contribution in [-0.2, 0) is 15.6 Å². The molecule has 0 aliphatic carbocycles. The zero-order valence-electron chi connectivity index (χ0n) is 9.13. The number of nitrogen functional groups attached to an aromatic ring is 1. The molecule has 17 heavy (non-hydrogen) atoms. The number of hydrogen-bond acceptors (Lipinski definition) is 3. The SMILES string of the molecule is Nc1ccc(S(=O)(=O)Cc2cc[c]cc2)cc1. The summed E-state index contributed by atoms with van der Waals surface area (Å²) in [5, 5.41) is 0. The second-order valence-electron chi connectivity index (χ2n) is 3.74. The molecule has 0 saturated carbocycles. The molecule has 2 N–H and O–H groups in total. The highest BCUT2D eigenvalue weighted by Gasteiger charge is 2.14. The van der Waals surface area contributed by atoms with Gasteiger partial charge in [0, 0.05) is 5.69 Å². The Morgan fingerprint density at radius 3 is 2.18 bits per heavy atom. The number of nitrogens with two attached hydrogens (primary N) is 1. The van der Waals surface area contributed by atoms with Gasteiger partial charge in [-0.15, -0.1) is 0 Å². The van der Waals surface area contributed by atoms with Crippen molar-refractivity contribution < 1.29 is 8.42 Å². The van der Waals surface area contributed by atoms with Crippen molar-refractivity contribution in [1.82, 2.24) is 0 Å². The second kappa shape index (κ2) is 4.59. The fraction of sp³-hybridized carbons (Fsp3) is 0.0769. The molecule has 2 aromatic carbocycles. The highest BCUT2D eigenvalue weighted by Crippen LogP contribution is 2.17. The lowest BCUT2D eigenvalue weighted by atomic mass is 10.2. The van der Waals surface area contributed by atoms with Gasteiger partial charge in [-0.2, -0.15) is 0 Å².